The normalized spacial score (nSPS) is 15.5. The lowest BCUT2D eigenvalue weighted by Crippen LogP contribution is -2.28. The third-order valence-corrected chi connectivity index (χ3v) is 3.24. The van der Waals surface area contributed by atoms with Crippen molar-refractivity contribution in [3.8, 4) is 6.07 Å². The molecular weight excluding hydrogens is 204 g/mol. The molecule has 0 amide bonds. The van der Waals surface area contributed by atoms with Crippen LogP contribution in [0.1, 0.15) is 44.9 Å². The molecule has 0 N–H and O–H groups in total. The fourth-order valence-corrected chi connectivity index (χ4v) is 2.11. The van der Waals surface area contributed by atoms with E-state index in [1.807, 2.05) is 0 Å². The maximum absolute atomic E-state index is 8.57. The summed E-state index contributed by atoms with van der Waals surface area (Å²) in [7, 11) is 0. The van der Waals surface area contributed by atoms with Crippen LogP contribution in [0.2, 0.25) is 0 Å². The number of hydrogen-bond donors (Lipinski definition) is 1. The van der Waals surface area contributed by atoms with Gasteiger partial charge in [0, 0.05) is 19.0 Å². The van der Waals surface area contributed by atoms with Gasteiger partial charge in [-0.25, -0.2) is 0 Å². The van der Waals surface area contributed by atoms with Gasteiger partial charge in [0.1, 0.15) is 0 Å². The van der Waals surface area contributed by atoms with Gasteiger partial charge in [-0.05, 0) is 38.0 Å². The molecule has 3 heteroatoms. The van der Waals surface area contributed by atoms with Crippen LogP contribution in [0.25, 0.3) is 0 Å². The van der Waals surface area contributed by atoms with E-state index in [9.17, 15) is 0 Å². The molecule has 0 aromatic carbocycles. The zero-order valence-electron chi connectivity index (χ0n) is 9.49. The van der Waals surface area contributed by atoms with E-state index in [-0.39, 0.29) is 0 Å². The summed E-state index contributed by atoms with van der Waals surface area (Å²) >= 11 is 4.21. The van der Waals surface area contributed by atoms with Gasteiger partial charge >= 0.3 is 0 Å². The first-order chi connectivity index (χ1) is 7.38. The van der Waals surface area contributed by atoms with Crippen molar-refractivity contribution < 1.29 is 0 Å². The van der Waals surface area contributed by atoms with E-state index < -0.39 is 0 Å². The second-order valence-corrected chi connectivity index (χ2v) is 4.76. The number of nitrogens with zero attached hydrogens (tertiary/aromatic N) is 2. The van der Waals surface area contributed by atoms with Gasteiger partial charge in [-0.1, -0.05) is 12.8 Å². The Kier molecular flexibility index (Phi) is 6.87. The molecule has 0 radical (unpaired) electrons. The van der Waals surface area contributed by atoms with Gasteiger partial charge in [0.25, 0.3) is 0 Å². The number of thiol groups is 1. The molecule has 15 heavy (non-hydrogen) atoms. The van der Waals surface area contributed by atoms with Crippen LogP contribution < -0.4 is 0 Å². The van der Waals surface area contributed by atoms with Gasteiger partial charge in [-0.15, -0.1) is 0 Å². The molecule has 0 unspecified atom stereocenters. The summed E-state index contributed by atoms with van der Waals surface area (Å²) in [6.45, 7) is 2.17. The zero-order valence-corrected chi connectivity index (χ0v) is 10.4. The molecular formula is C12H22N2S. The van der Waals surface area contributed by atoms with Crippen molar-refractivity contribution in [2.75, 3.05) is 18.8 Å². The Morgan fingerprint density at radius 1 is 1.13 bits per heavy atom. The minimum atomic E-state index is 0.688. The lowest BCUT2D eigenvalue weighted by Gasteiger charge is -2.20. The summed E-state index contributed by atoms with van der Waals surface area (Å²) in [6, 6.07) is 3.05. The molecule has 86 valence electrons. The molecule has 0 bridgehead atoms. The van der Waals surface area contributed by atoms with Crippen LogP contribution in [0.3, 0.4) is 0 Å². The monoisotopic (exact) mass is 226 g/mol. The van der Waals surface area contributed by atoms with E-state index in [2.05, 4.69) is 23.6 Å². The second-order valence-electron chi connectivity index (χ2n) is 4.31. The Hall–Kier alpha value is -0.200. The molecule has 0 heterocycles. The second kappa shape index (κ2) is 8.01. The first-order valence-electron chi connectivity index (χ1n) is 6.10. The van der Waals surface area contributed by atoms with Crippen LogP contribution in [0.15, 0.2) is 0 Å². The first kappa shape index (κ1) is 12.9. The van der Waals surface area contributed by atoms with Crippen molar-refractivity contribution in [3.05, 3.63) is 0 Å². The summed E-state index contributed by atoms with van der Waals surface area (Å²) in [5.41, 5.74) is 0. The summed E-state index contributed by atoms with van der Waals surface area (Å²) in [5.74, 6) is 1.01. The molecule has 2 nitrogen and oxygen atoms in total. The average molecular weight is 226 g/mol. The summed E-state index contributed by atoms with van der Waals surface area (Å²) in [6.07, 6.45) is 8.54. The topological polar surface area (TPSA) is 27.0 Å². The smallest absolute Gasteiger partial charge is 0.0635 e. The van der Waals surface area contributed by atoms with Crippen LogP contribution in [0.5, 0.6) is 0 Å². The van der Waals surface area contributed by atoms with Gasteiger partial charge in [0.2, 0.25) is 0 Å². The highest BCUT2D eigenvalue weighted by Crippen LogP contribution is 2.27. The Bertz CT molecular complexity index is 196. The summed E-state index contributed by atoms with van der Waals surface area (Å²) in [5, 5.41) is 8.57. The molecule has 0 aliphatic heterocycles. The Morgan fingerprint density at radius 2 is 1.87 bits per heavy atom. The minimum Gasteiger partial charge on any atom is -0.299 e. The molecule has 0 saturated heterocycles. The Balaban J connectivity index is 2.01. The highest BCUT2D eigenvalue weighted by atomic mass is 32.1. The van der Waals surface area contributed by atoms with E-state index in [0.717, 1.165) is 18.3 Å². The Labute approximate surface area is 99.1 Å². The van der Waals surface area contributed by atoms with E-state index in [4.69, 9.17) is 5.26 Å². The molecule has 0 atom stereocenters. The third kappa shape index (κ3) is 6.06. The summed E-state index contributed by atoms with van der Waals surface area (Å²) < 4.78 is 0. The maximum atomic E-state index is 8.57. The minimum absolute atomic E-state index is 0.688. The van der Waals surface area contributed by atoms with Gasteiger partial charge < -0.3 is 0 Å². The Morgan fingerprint density at radius 3 is 2.47 bits per heavy atom. The van der Waals surface area contributed by atoms with E-state index >= 15 is 0 Å². The lowest BCUT2D eigenvalue weighted by atomic mass is 10.2. The molecule has 1 saturated carbocycles. The average Bonchev–Trinajstić information content (AvgIpc) is 3.06. The highest BCUT2D eigenvalue weighted by molar-refractivity contribution is 7.80. The third-order valence-electron chi connectivity index (χ3n) is 2.93. The quantitative estimate of drug-likeness (QED) is 0.483. The lowest BCUT2D eigenvalue weighted by molar-refractivity contribution is 0.263. The van der Waals surface area contributed by atoms with Gasteiger partial charge in [0.15, 0.2) is 0 Å². The standard InChI is InChI=1S/C12H22N2S/c13-8-5-10-14(12-6-7-12)9-3-1-2-4-11-15/h12,15H,1-7,9-11H2. The predicted octanol–water partition coefficient (Wildman–Crippen LogP) is 2.85. The van der Waals surface area contributed by atoms with Crippen molar-refractivity contribution >= 4 is 12.6 Å². The number of nitriles is 1. The van der Waals surface area contributed by atoms with Crippen molar-refractivity contribution in [2.45, 2.75) is 51.0 Å². The first-order valence-corrected chi connectivity index (χ1v) is 6.73. The largest absolute Gasteiger partial charge is 0.299 e. The van der Waals surface area contributed by atoms with Crippen molar-refractivity contribution in [2.24, 2.45) is 0 Å². The molecule has 0 aromatic heterocycles. The van der Waals surface area contributed by atoms with E-state index in [0.29, 0.717) is 6.42 Å². The van der Waals surface area contributed by atoms with Gasteiger partial charge in [-0.2, -0.15) is 17.9 Å². The van der Waals surface area contributed by atoms with Crippen LogP contribution in [-0.2, 0) is 0 Å². The van der Waals surface area contributed by atoms with Crippen molar-refractivity contribution in [3.63, 3.8) is 0 Å². The van der Waals surface area contributed by atoms with Crippen LogP contribution in [0, 0.1) is 11.3 Å². The molecule has 0 spiro atoms. The molecule has 0 aromatic rings. The molecule has 1 rings (SSSR count). The van der Waals surface area contributed by atoms with Crippen LogP contribution in [0.4, 0.5) is 0 Å². The van der Waals surface area contributed by atoms with E-state index in [1.54, 1.807) is 0 Å². The number of rotatable bonds is 9. The predicted molar refractivity (Wildman–Crippen MR) is 67.1 cm³/mol. The molecule has 1 fully saturated rings. The van der Waals surface area contributed by atoms with Crippen molar-refractivity contribution in [1.29, 1.82) is 5.26 Å². The van der Waals surface area contributed by atoms with Crippen molar-refractivity contribution in [1.82, 2.24) is 4.90 Å². The SMILES string of the molecule is N#CCCN(CCCCCCS)C1CC1. The number of unbranched alkanes of at least 4 members (excludes halogenated alkanes) is 3. The van der Waals surface area contributed by atoms with Crippen LogP contribution >= 0.6 is 12.6 Å². The van der Waals surface area contributed by atoms with Gasteiger partial charge in [0.05, 0.1) is 6.07 Å². The molecule has 1 aliphatic rings. The zero-order chi connectivity index (χ0) is 10.9. The maximum Gasteiger partial charge on any atom is 0.0635 e. The van der Waals surface area contributed by atoms with Gasteiger partial charge in [-0.3, -0.25) is 4.90 Å². The molecule has 1 aliphatic carbocycles. The highest BCUT2D eigenvalue weighted by Gasteiger charge is 2.27. The summed E-state index contributed by atoms with van der Waals surface area (Å²) in [4.78, 5) is 2.50. The number of hydrogen-bond acceptors (Lipinski definition) is 3. The fraction of sp³-hybridized carbons (Fsp3) is 0.917. The van der Waals surface area contributed by atoms with Crippen LogP contribution in [-0.4, -0.2) is 29.8 Å². The van der Waals surface area contributed by atoms with E-state index in [1.165, 1.54) is 45.1 Å². The fourth-order valence-electron chi connectivity index (χ4n) is 1.89.